The maximum atomic E-state index is 12.9. The molecule has 0 unspecified atom stereocenters. The molecule has 2 N–H and O–H groups in total. The highest BCUT2D eigenvalue weighted by Gasteiger charge is 2.17. The molecule has 0 fully saturated rings. The number of aromatic nitrogens is 2. The number of hydrogen-bond donors (Lipinski definition) is 2. The molecule has 186 valence electrons. The van der Waals surface area contributed by atoms with Crippen LogP contribution in [0.15, 0.2) is 102 Å². The molecule has 4 aromatic carbocycles. The Hall–Kier alpha value is -3.85. The van der Waals surface area contributed by atoms with E-state index in [1.165, 1.54) is 18.2 Å². The second kappa shape index (κ2) is 10.3. The number of anilines is 1. The quantitative estimate of drug-likeness (QED) is 0.257. The van der Waals surface area contributed by atoms with Crippen LogP contribution in [-0.4, -0.2) is 23.9 Å². The Balaban J connectivity index is 1.36. The molecule has 0 spiro atoms. The monoisotopic (exact) mass is 550 g/mol. The van der Waals surface area contributed by atoms with Crippen molar-refractivity contribution in [1.29, 1.82) is 0 Å². The number of sulfonamides is 1. The zero-order valence-corrected chi connectivity index (χ0v) is 21.6. The maximum absolute atomic E-state index is 12.9. The Kier molecular flexibility index (Phi) is 6.88. The van der Waals surface area contributed by atoms with Gasteiger partial charge in [-0.2, -0.15) is 0 Å². The van der Waals surface area contributed by atoms with Gasteiger partial charge in [-0.15, -0.1) is 0 Å². The largest absolute Gasteiger partial charge is 0.348 e. The van der Waals surface area contributed by atoms with Crippen LogP contribution in [0.25, 0.3) is 16.7 Å². The Morgan fingerprint density at radius 1 is 0.865 bits per heavy atom. The molecule has 5 aromatic rings. The van der Waals surface area contributed by atoms with Gasteiger partial charge in [0.2, 0.25) is 0 Å². The van der Waals surface area contributed by atoms with Crippen molar-refractivity contribution < 1.29 is 13.2 Å². The van der Waals surface area contributed by atoms with Gasteiger partial charge in [0.1, 0.15) is 6.33 Å². The third-order valence-electron chi connectivity index (χ3n) is 5.68. The normalized spacial score (nSPS) is 11.4. The van der Waals surface area contributed by atoms with Gasteiger partial charge >= 0.3 is 0 Å². The first-order valence-electron chi connectivity index (χ1n) is 11.2. The van der Waals surface area contributed by atoms with E-state index in [0.717, 1.165) is 11.1 Å². The first-order chi connectivity index (χ1) is 17.8. The summed E-state index contributed by atoms with van der Waals surface area (Å²) < 4.78 is 30.1. The van der Waals surface area contributed by atoms with E-state index in [4.69, 9.17) is 23.2 Å². The number of carbonyl (C=O) groups is 1. The van der Waals surface area contributed by atoms with Gasteiger partial charge < -0.3 is 5.32 Å². The van der Waals surface area contributed by atoms with E-state index >= 15 is 0 Å². The lowest BCUT2D eigenvalue weighted by molar-refractivity contribution is 0.0951. The van der Waals surface area contributed by atoms with Crippen LogP contribution in [0.1, 0.15) is 15.9 Å². The second-order valence-electron chi connectivity index (χ2n) is 8.22. The fraction of sp³-hybridized carbons (Fsp3) is 0.0370. The van der Waals surface area contributed by atoms with Crippen molar-refractivity contribution in [2.24, 2.45) is 0 Å². The van der Waals surface area contributed by atoms with Crippen molar-refractivity contribution in [2.75, 3.05) is 4.72 Å². The van der Waals surface area contributed by atoms with Gasteiger partial charge in [-0.25, -0.2) is 13.4 Å². The number of halogens is 2. The van der Waals surface area contributed by atoms with E-state index in [-0.39, 0.29) is 20.8 Å². The molecule has 0 radical (unpaired) electrons. The van der Waals surface area contributed by atoms with Gasteiger partial charge in [0, 0.05) is 17.8 Å². The lowest BCUT2D eigenvalue weighted by atomic mass is 10.1. The fourth-order valence-electron chi connectivity index (χ4n) is 3.82. The summed E-state index contributed by atoms with van der Waals surface area (Å²) in [6.07, 6.45) is 1.63. The van der Waals surface area contributed by atoms with Crippen molar-refractivity contribution in [1.82, 2.24) is 14.9 Å². The lowest BCUT2D eigenvalue weighted by Gasteiger charge is -2.11. The minimum absolute atomic E-state index is 0.00143. The highest BCUT2D eigenvalue weighted by atomic mass is 35.5. The van der Waals surface area contributed by atoms with E-state index in [9.17, 15) is 13.2 Å². The third kappa shape index (κ3) is 5.46. The number of benzene rings is 4. The Bertz CT molecular complexity index is 1720. The molecule has 1 heterocycles. The minimum atomic E-state index is -3.88. The predicted octanol–water partition coefficient (Wildman–Crippen LogP) is 6.06. The highest BCUT2D eigenvalue weighted by Crippen LogP contribution is 2.27. The number of rotatable bonds is 7. The van der Waals surface area contributed by atoms with Crippen LogP contribution in [0.2, 0.25) is 10.0 Å². The van der Waals surface area contributed by atoms with E-state index in [2.05, 4.69) is 15.0 Å². The van der Waals surface area contributed by atoms with Crippen molar-refractivity contribution >= 4 is 55.9 Å². The molecule has 0 bridgehead atoms. The number of amides is 1. The molecule has 7 nitrogen and oxygen atoms in total. The Labute approximate surface area is 223 Å². The summed E-state index contributed by atoms with van der Waals surface area (Å²) in [5, 5.41) is 3.33. The molecule has 0 atom stereocenters. The smallest absolute Gasteiger partial charge is 0.261 e. The molecule has 10 heteroatoms. The molecule has 0 saturated carbocycles. The van der Waals surface area contributed by atoms with Gasteiger partial charge in [0.05, 0.1) is 31.7 Å². The topological polar surface area (TPSA) is 93.1 Å². The van der Waals surface area contributed by atoms with Crippen LogP contribution < -0.4 is 10.0 Å². The number of fused-ring (bicyclic) bond motifs is 1. The molecule has 0 aliphatic heterocycles. The zero-order valence-electron chi connectivity index (χ0n) is 19.2. The van der Waals surface area contributed by atoms with Gasteiger partial charge in [0.25, 0.3) is 15.9 Å². The van der Waals surface area contributed by atoms with Crippen molar-refractivity contribution in [3.63, 3.8) is 0 Å². The SMILES string of the molecule is O=C(NCc1ccccc1)c1ccc2c(c1)ncn2-c1cccc(NS(=O)(=O)c2ccc(Cl)c(Cl)c2)c1. The third-order valence-corrected chi connectivity index (χ3v) is 7.80. The van der Waals surface area contributed by atoms with Gasteiger partial charge in [-0.05, 0) is 60.2 Å². The fourth-order valence-corrected chi connectivity index (χ4v) is 5.26. The van der Waals surface area contributed by atoms with Crippen molar-refractivity contribution in [3.05, 3.63) is 118 Å². The Morgan fingerprint density at radius 3 is 2.46 bits per heavy atom. The standard InChI is InChI=1S/C27H20Cl2N4O3S/c28-23-11-10-22(15-24(23)29)37(35,36)32-20-7-4-8-21(14-20)33-17-31-25-13-19(9-12-26(25)33)27(34)30-16-18-5-2-1-3-6-18/h1-15,17,32H,16H2,(H,30,34). The van der Waals surface area contributed by atoms with Crippen LogP contribution in [0.5, 0.6) is 0 Å². The zero-order chi connectivity index (χ0) is 26.0. The molecule has 1 aromatic heterocycles. The number of nitrogens with one attached hydrogen (secondary N) is 2. The lowest BCUT2D eigenvalue weighted by Crippen LogP contribution is -2.22. The van der Waals surface area contributed by atoms with Crippen molar-refractivity contribution in [2.45, 2.75) is 11.4 Å². The number of carbonyl (C=O) groups excluding carboxylic acids is 1. The molecule has 0 saturated heterocycles. The van der Waals surface area contributed by atoms with E-state index in [0.29, 0.717) is 29.0 Å². The summed E-state index contributed by atoms with van der Waals surface area (Å²) in [6, 6.07) is 26.0. The molecule has 5 rings (SSSR count). The first kappa shape index (κ1) is 24.8. The van der Waals surface area contributed by atoms with Gasteiger partial charge in [-0.1, -0.05) is 59.6 Å². The molecular weight excluding hydrogens is 531 g/mol. The van der Waals surface area contributed by atoms with Crippen LogP contribution in [0.4, 0.5) is 5.69 Å². The summed E-state index contributed by atoms with van der Waals surface area (Å²) in [5.41, 5.74) is 3.96. The highest BCUT2D eigenvalue weighted by molar-refractivity contribution is 7.92. The summed E-state index contributed by atoms with van der Waals surface area (Å²) >= 11 is 11.9. The van der Waals surface area contributed by atoms with E-state index < -0.39 is 10.0 Å². The van der Waals surface area contributed by atoms with Gasteiger partial charge in [-0.3, -0.25) is 14.1 Å². The van der Waals surface area contributed by atoms with Crippen LogP contribution in [-0.2, 0) is 16.6 Å². The second-order valence-corrected chi connectivity index (χ2v) is 10.7. The molecule has 1 amide bonds. The van der Waals surface area contributed by atoms with Crippen LogP contribution >= 0.6 is 23.2 Å². The number of hydrogen-bond acceptors (Lipinski definition) is 4. The summed E-state index contributed by atoms with van der Waals surface area (Å²) in [4.78, 5) is 17.1. The molecular formula is C27H20Cl2N4O3S. The van der Waals surface area contributed by atoms with Crippen molar-refractivity contribution in [3.8, 4) is 5.69 Å². The summed E-state index contributed by atoms with van der Waals surface area (Å²) in [6.45, 7) is 0.428. The van der Waals surface area contributed by atoms with Crippen LogP contribution in [0.3, 0.4) is 0 Å². The Morgan fingerprint density at radius 2 is 1.68 bits per heavy atom. The maximum Gasteiger partial charge on any atom is 0.261 e. The summed E-state index contributed by atoms with van der Waals surface area (Å²) in [7, 11) is -3.88. The van der Waals surface area contributed by atoms with E-state index in [1.807, 2.05) is 47.0 Å². The van der Waals surface area contributed by atoms with E-state index in [1.54, 1.807) is 36.7 Å². The number of imidazole rings is 1. The average Bonchev–Trinajstić information content (AvgIpc) is 3.33. The first-order valence-corrected chi connectivity index (χ1v) is 13.4. The predicted molar refractivity (Wildman–Crippen MR) is 146 cm³/mol. The summed E-state index contributed by atoms with van der Waals surface area (Å²) in [5.74, 6) is -0.195. The average molecular weight is 551 g/mol. The molecule has 37 heavy (non-hydrogen) atoms. The number of nitrogens with zero attached hydrogens (tertiary/aromatic N) is 2. The van der Waals surface area contributed by atoms with Crippen LogP contribution in [0, 0.1) is 0 Å². The molecule has 0 aliphatic rings. The van der Waals surface area contributed by atoms with Gasteiger partial charge in [0.15, 0.2) is 0 Å². The molecule has 0 aliphatic carbocycles. The minimum Gasteiger partial charge on any atom is -0.348 e.